The Morgan fingerprint density at radius 1 is 0.967 bits per heavy atom. The Labute approximate surface area is 184 Å². The molecule has 0 aliphatic rings. The maximum Gasteiger partial charge on any atom is 0.257 e. The van der Waals surface area contributed by atoms with Gasteiger partial charge in [-0.15, -0.1) is 10.2 Å². The Hall–Kier alpha value is -3.09. The topological polar surface area (TPSA) is 59.8 Å². The lowest BCUT2D eigenvalue weighted by atomic mass is 10.1. The molecule has 150 valence electrons. The van der Waals surface area contributed by atoms with Gasteiger partial charge in [0.25, 0.3) is 5.91 Å². The highest BCUT2D eigenvalue weighted by atomic mass is 35.5. The number of hydrogen-bond acceptors (Lipinski definition) is 4. The Kier molecular flexibility index (Phi) is 6.16. The number of amides is 1. The number of thioether (sulfide) groups is 1. The zero-order valence-corrected chi connectivity index (χ0v) is 17.8. The molecule has 0 fully saturated rings. The number of carbonyl (C=O) groups excluding carboxylic acids is 1. The molecular weight excluding hydrogens is 416 g/mol. The van der Waals surface area contributed by atoms with Crippen LogP contribution < -0.4 is 5.32 Å². The molecule has 1 amide bonds. The predicted octanol–water partition coefficient (Wildman–Crippen LogP) is 5.68. The zero-order valence-electron chi connectivity index (χ0n) is 16.2. The average Bonchev–Trinajstić information content (AvgIpc) is 3.14. The summed E-state index contributed by atoms with van der Waals surface area (Å²) in [6.45, 7) is 0. The molecule has 0 saturated carbocycles. The van der Waals surface area contributed by atoms with Crippen molar-refractivity contribution in [3.05, 3.63) is 95.0 Å². The molecule has 30 heavy (non-hydrogen) atoms. The van der Waals surface area contributed by atoms with Gasteiger partial charge < -0.3 is 9.88 Å². The van der Waals surface area contributed by atoms with Crippen LogP contribution in [0.1, 0.15) is 15.9 Å². The maximum absolute atomic E-state index is 12.4. The van der Waals surface area contributed by atoms with Crippen molar-refractivity contribution in [2.24, 2.45) is 7.05 Å². The average molecular weight is 435 g/mol. The number of anilines is 1. The van der Waals surface area contributed by atoms with Gasteiger partial charge in [-0.3, -0.25) is 4.79 Å². The van der Waals surface area contributed by atoms with Gasteiger partial charge in [0, 0.05) is 24.1 Å². The lowest BCUT2D eigenvalue weighted by Crippen LogP contribution is -2.12. The third-order valence-corrected chi connectivity index (χ3v) is 5.99. The van der Waals surface area contributed by atoms with Gasteiger partial charge in [-0.1, -0.05) is 65.8 Å². The van der Waals surface area contributed by atoms with E-state index in [1.807, 2.05) is 54.1 Å². The van der Waals surface area contributed by atoms with Gasteiger partial charge in [0.05, 0.1) is 10.6 Å². The largest absolute Gasteiger partial charge is 0.322 e. The van der Waals surface area contributed by atoms with Gasteiger partial charge in [0.2, 0.25) is 0 Å². The molecule has 1 heterocycles. The van der Waals surface area contributed by atoms with E-state index in [1.54, 1.807) is 36.0 Å². The first-order valence-corrected chi connectivity index (χ1v) is 10.7. The second kappa shape index (κ2) is 9.15. The molecular formula is C23H19ClN4OS. The van der Waals surface area contributed by atoms with E-state index in [4.69, 9.17) is 11.6 Å². The van der Waals surface area contributed by atoms with Gasteiger partial charge in [-0.2, -0.15) is 0 Å². The highest BCUT2D eigenvalue weighted by Gasteiger charge is 2.13. The Morgan fingerprint density at radius 2 is 1.67 bits per heavy atom. The molecule has 5 nitrogen and oxygen atoms in total. The number of hydrogen-bond donors (Lipinski definition) is 1. The molecule has 0 unspecified atom stereocenters. The van der Waals surface area contributed by atoms with E-state index in [2.05, 4.69) is 27.6 Å². The molecule has 4 rings (SSSR count). The van der Waals surface area contributed by atoms with E-state index in [0.29, 0.717) is 16.3 Å². The normalized spacial score (nSPS) is 10.7. The van der Waals surface area contributed by atoms with Crippen LogP contribution in [-0.4, -0.2) is 20.7 Å². The summed E-state index contributed by atoms with van der Waals surface area (Å²) in [7, 11) is 1.95. The smallest absolute Gasteiger partial charge is 0.257 e. The van der Waals surface area contributed by atoms with Crippen molar-refractivity contribution in [1.82, 2.24) is 14.8 Å². The maximum atomic E-state index is 12.4. The van der Waals surface area contributed by atoms with Crippen molar-refractivity contribution in [2.75, 3.05) is 5.32 Å². The molecule has 7 heteroatoms. The predicted molar refractivity (Wildman–Crippen MR) is 122 cm³/mol. The minimum atomic E-state index is -0.244. The summed E-state index contributed by atoms with van der Waals surface area (Å²) in [6.07, 6.45) is 0. The minimum absolute atomic E-state index is 0.244. The van der Waals surface area contributed by atoms with Crippen molar-refractivity contribution < 1.29 is 4.79 Å². The Morgan fingerprint density at radius 3 is 2.40 bits per heavy atom. The molecule has 0 bridgehead atoms. The zero-order chi connectivity index (χ0) is 20.9. The lowest BCUT2D eigenvalue weighted by molar-refractivity contribution is 0.102. The Balaban J connectivity index is 1.45. The number of nitrogens with one attached hydrogen (secondary N) is 1. The minimum Gasteiger partial charge on any atom is -0.322 e. The molecule has 0 radical (unpaired) electrons. The molecule has 0 saturated heterocycles. The summed E-state index contributed by atoms with van der Waals surface area (Å²) in [6, 6.07) is 24.7. The van der Waals surface area contributed by atoms with E-state index in [9.17, 15) is 4.79 Å². The van der Waals surface area contributed by atoms with Crippen molar-refractivity contribution in [2.45, 2.75) is 10.9 Å². The summed E-state index contributed by atoms with van der Waals surface area (Å²) in [5.74, 6) is 1.36. The monoisotopic (exact) mass is 434 g/mol. The molecule has 3 aromatic carbocycles. The lowest BCUT2D eigenvalue weighted by Gasteiger charge is -2.08. The van der Waals surface area contributed by atoms with Gasteiger partial charge in [0.15, 0.2) is 11.0 Å². The van der Waals surface area contributed by atoms with Crippen molar-refractivity contribution >= 4 is 35.0 Å². The van der Waals surface area contributed by atoms with E-state index in [-0.39, 0.29) is 5.91 Å². The number of nitrogens with zero attached hydrogens (tertiary/aromatic N) is 3. The van der Waals surface area contributed by atoms with Gasteiger partial charge in [0.1, 0.15) is 0 Å². The van der Waals surface area contributed by atoms with Gasteiger partial charge in [-0.05, 0) is 42.0 Å². The second-order valence-corrected chi connectivity index (χ2v) is 8.00. The molecule has 0 aliphatic carbocycles. The van der Waals surface area contributed by atoms with E-state index < -0.39 is 0 Å². The number of carbonyl (C=O) groups is 1. The number of halogens is 1. The Bertz CT molecular complexity index is 1160. The number of aromatic nitrogens is 3. The van der Waals surface area contributed by atoms with E-state index >= 15 is 0 Å². The fourth-order valence-electron chi connectivity index (χ4n) is 2.96. The van der Waals surface area contributed by atoms with Crippen LogP contribution in [0.3, 0.4) is 0 Å². The van der Waals surface area contributed by atoms with Crippen LogP contribution in [-0.2, 0) is 12.8 Å². The summed E-state index contributed by atoms with van der Waals surface area (Å²) in [5.41, 5.74) is 3.29. The van der Waals surface area contributed by atoms with Crippen molar-refractivity contribution in [1.29, 1.82) is 0 Å². The van der Waals surface area contributed by atoms with Crippen molar-refractivity contribution in [3.63, 3.8) is 0 Å². The third kappa shape index (κ3) is 4.56. The van der Waals surface area contributed by atoms with Gasteiger partial charge >= 0.3 is 0 Å². The molecule has 0 spiro atoms. The SMILES string of the molecule is Cn1c(SCc2ccccc2)nnc1-c1ccc(NC(=O)c2ccccc2Cl)cc1. The number of benzene rings is 3. The van der Waals surface area contributed by atoms with E-state index in [1.165, 1.54) is 5.56 Å². The number of rotatable bonds is 6. The summed E-state index contributed by atoms with van der Waals surface area (Å²) >= 11 is 7.74. The second-order valence-electron chi connectivity index (χ2n) is 6.65. The van der Waals surface area contributed by atoms with E-state index in [0.717, 1.165) is 22.3 Å². The first-order chi connectivity index (χ1) is 14.6. The fourth-order valence-corrected chi connectivity index (χ4v) is 4.05. The fraction of sp³-hybridized carbons (Fsp3) is 0.0870. The van der Waals surface area contributed by atoms with Crippen LogP contribution in [0, 0.1) is 0 Å². The quantitative estimate of drug-likeness (QED) is 0.396. The van der Waals surface area contributed by atoms with Crippen LogP contribution in [0.4, 0.5) is 5.69 Å². The highest BCUT2D eigenvalue weighted by molar-refractivity contribution is 7.98. The molecule has 0 aliphatic heterocycles. The van der Waals surface area contributed by atoms with Crippen LogP contribution in [0.25, 0.3) is 11.4 Å². The molecule has 1 aromatic heterocycles. The first kappa shape index (κ1) is 20.2. The molecule has 1 N–H and O–H groups in total. The summed E-state index contributed by atoms with van der Waals surface area (Å²) < 4.78 is 1.98. The van der Waals surface area contributed by atoms with Crippen LogP contribution in [0.5, 0.6) is 0 Å². The van der Waals surface area contributed by atoms with Crippen LogP contribution in [0.15, 0.2) is 84.0 Å². The third-order valence-electron chi connectivity index (χ3n) is 4.57. The van der Waals surface area contributed by atoms with Crippen molar-refractivity contribution in [3.8, 4) is 11.4 Å². The highest BCUT2D eigenvalue weighted by Crippen LogP contribution is 2.26. The van der Waals surface area contributed by atoms with Gasteiger partial charge in [-0.25, -0.2) is 0 Å². The summed E-state index contributed by atoms with van der Waals surface area (Å²) in [4.78, 5) is 12.4. The standard InChI is InChI=1S/C23H19ClN4OS/c1-28-21(26-27-23(28)30-15-16-7-3-2-4-8-16)17-11-13-18(14-12-17)25-22(29)19-9-5-6-10-20(19)24/h2-14H,15H2,1H3,(H,25,29). The van der Waals surface area contributed by atoms with Crippen LogP contribution in [0.2, 0.25) is 5.02 Å². The molecule has 0 atom stereocenters. The first-order valence-electron chi connectivity index (χ1n) is 9.34. The molecule has 4 aromatic rings. The van der Waals surface area contributed by atoms with Crippen LogP contribution >= 0.6 is 23.4 Å². The summed E-state index contributed by atoms with van der Waals surface area (Å²) in [5, 5.41) is 12.8.